The van der Waals surface area contributed by atoms with E-state index in [4.69, 9.17) is 10.5 Å². The average Bonchev–Trinajstić information content (AvgIpc) is 2.95. The quantitative estimate of drug-likeness (QED) is 0.305. The number of primary amides is 1. The van der Waals surface area contributed by atoms with Crippen LogP contribution in [0.1, 0.15) is 82.6 Å². The molecule has 3 N–H and O–H groups in total. The summed E-state index contributed by atoms with van der Waals surface area (Å²) in [5.74, 6) is -1.10. The van der Waals surface area contributed by atoms with Crippen molar-refractivity contribution in [3.63, 3.8) is 0 Å². The molecule has 204 valence electrons. The van der Waals surface area contributed by atoms with E-state index in [9.17, 15) is 9.59 Å². The van der Waals surface area contributed by atoms with Gasteiger partial charge in [0.25, 0.3) is 0 Å². The summed E-state index contributed by atoms with van der Waals surface area (Å²) in [5, 5.41) is 4.32. The highest BCUT2D eigenvalue weighted by atomic mass is 16.5. The number of carbonyl (C=O) groups excluding carboxylic acids is 2. The number of ether oxygens (including phenoxy) is 1. The van der Waals surface area contributed by atoms with Gasteiger partial charge in [0.05, 0.1) is 12.8 Å². The fraction of sp³-hybridized carbons (Fsp3) is 0.679. The van der Waals surface area contributed by atoms with E-state index in [0.29, 0.717) is 12.1 Å². The van der Waals surface area contributed by atoms with Gasteiger partial charge >= 0.3 is 12.0 Å². The highest BCUT2D eigenvalue weighted by Crippen LogP contribution is 2.44. The average molecular weight is 513 g/mol. The Hall–Kier alpha value is -2.97. The van der Waals surface area contributed by atoms with E-state index in [1.807, 2.05) is 6.92 Å². The van der Waals surface area contributed by atoms with Gasteiger partial charge in [-0.05, 0) is 76.3 Å². The number of methoxy groups -OCH3 is 1. The van der Waals surface area contributed by atoms with Gasteiger partial charge in [0, 0.05) is 61.9 Å². The molecule has 3 aliphatic heterocycles. The Morgan fingerprint density at radius 3 is 1.73 bits per heavy atom. The molecule has 0 radical (unpaired) electrons. The zero-order valence-corrected chi connectivity index (χ0v) is 22.6. The van der Waals surface area contributed by atoms with Crippen molar-refractivity contribution < 1.29 is 14.3 Å². The van der Waals surface area contributed by atoms with Crippen LogP contribution >= 0.6 is 0 Å². The molecule has 0 aliphatic carbocycles. The minimum Gasteiger partial charge on any atom is -0.468 e. The number of esters is 1. The lowest BCUT2D eigenvalue weighted by Crippen LogP contribution is -2.37. The second-order valence-electron chi connectivity index (χ2n) is 10.4. The Morgan fingerprint density at radius 1 is 0.865 bits per heavy atom. The Labute approximate surface area is 221 Å². The highest BCUT2D eigenvalue weighted by molar-refractivity contribution is 6.10. The first-order valence-corrected chi connectivity index (χ1v) is 14.2. The number of rotatable bonds is 8. The van der Waals surface area contributed by atoms with E-state index >= 15 is 0 Å². The fourth-order valence-corrected chi connectivity index (χ4v) is 6.04. The molecular weight excluding hydrogens is 468 g/mol. The lowest BCUT2D eigenvalue weighted by atomic mass is 9.87. The maximum atomic E-state index is 13.5. The molecule has 0 saturated carbocycles. The van der Waals surface area contributed by atoms with Crippen molar-refractivity contribution in [2.45, 2.75) is 77.0 Å². The molecule has 3 heterocycles. The zero-order valence-electron chi connectivity index (χ0n) is 22.6. The fourth-order valence-electron chi connectivity index (χ4n) is 6.04. The summed E-state index contributed by atoms with van der Waals surface area (Å²) in [5.41, 5.74) is 12.6. The van der Waals surface area contributed by atoms with Gasteiger partial charge in [0.15, 0.2) is 0 Å². The minimum absolute atomic E-state index is 0.367. The Morgan fingerprint density at radius 2 is 1.32 bits per heavy atom. The molecule has 3 fully saturated rings. The third-order valence-electron chi connectivity index (χ3n) is 7.97. The van der Waals surface area contributed by atoms with Gasteiger partial charge in [-0.15, -0.1) is 0 Å². The molecule has 9 nitrogen and oxygen atoms in total. The third kappa shape index (κ3) is 6.48. The van der Waals surface area contributed by atoms with Crippen molar-refractivity contribution in [3.8, 4) is 0 Å². The first-order valence-electron chi connectivity index (χ1n) is 14.2. The Bertz CT molecular complexity index is 924. The molecule has 1 aromatic rings. The molecular formula is C28H44N6O3. The number of piperidine rings is 3. The molecule has 2 amide bonds. The van der Waals surface area contributed by atoms with Gasteiger partial charge in [0.2, 0.25) is 0 Å². The summed E-state index contributed by atoms with van der Waals surface area (Å²) in [6.45, 7) is 7.90. The standard InChI is InChI=1S/C28H44N6O3/c1-3-22(30-31-28(29)36)25(27(35)37-2)26-23(33-15-9-5-10-16-33)19-21(32-13-7-4-8-14-32)20-24(26)34-17-11-6-12-18-34/h19-20,25H,3-18H2,1-2H3,(H3,29,31,36)/b30-22+. The van der Waals surface area contributed by atoms with Crippen molar-refractivity contribution in [1.82, 2.24) is 5.43 Å². The maximum Gasteiger partial charge on any atom is 0.332 e. The number of nitrogens with zero attached hydrogens (tertiary/aromatic N) is 4. The molecule has 0 aromatic heterocycles. The summed E-state index contributed by atoms with van der Waals surface area (Å²) in [4.78, 5) is 32.5. The van der Waals surface area contributed by atoms with Crippen molar-refractivity contribution in [3.05, 3.63) is 17.7 Å². The van der Waals surface area contributed by atoms with Crippen molar-refractivity contribution in [1.29, 1.82) is 0 Å². The smallest absolute Gasteiger partial charge is 0.332 e. The van der Waals surface area contributed by atoms with Crippen LogP contribution in [0.2, 0.25) is 0 Å². The first-order chi connectivity index (χ1) is 18.0. The molecule has 0 bridgehead atoms. The normalized spacial score (nSPS) is 19.9. The van der Waals surface area contributed by atoms with Crippen LogP contribution in [-0.4, -0.2) is 64.1 Å². The number of benzene rings is 1. The van der Waals surface area contributed by atoms with Crippen LogP contribution in [-0.2, 0) is 9.53 Å². The van der Waals surface area contributed by atoms with E-state index in [1.54, 1.807) is 0 Å². The second-order valence-corrected chi connectivity index (χ2v) is 10.4. The van der Waals surface area contributed by atoms with Gasteiger partial charge < -0.3 is 25.2 Å². The molecule has 37 heavy (non-hydrogen) atoms. The van der Waals surface area contributed by atoms with E-state index in [1.165, 1.54) is 44.9 Å². The van der Waals surface area contributed by atoms with Gasteiger partial charge in [0.1, 0.15) is 5.92 Å². The van der Waals surface area contributed by atoms with Crippen LogP contribution in [0.3, 0.4) is 0 Å². The van der Waals surface area contributed by atoms with Gasteiger partial charge in [-0.3, -0.25) is 4.79 Å². The molecule has 1 unspecified atom stereocenters. The molecule has 9 heteroatoms. The van der Waals surface area contributed by atoms with Gasteiger partial charge in [-0.1, -0.05) is 6.92 Å². The number of hydrogen-bond acceptors (Lipinski definition) is 7. The summed E-state index contributed by atoms with van der Waals surface area (Å²) in [7, 11) is 1.42. The SMILES string of the molecule is CC/C(=N\NC(N)=O)C(C(=O)OC)c1c(N2CCCCC2)cc(N2CCCCC2)cc1N1CCCCC1. The van der Waals surface area contributed by atoms with Gasteiger partial charge in [-0.2, -0.15) is 5.10 Å². The zero-order chi connectivity index (χ0) is 26.2. The molecule has 1 atom stereocenters. The Balaban J connectivity index is 1.94. The molecule has 3 aliphatic rings. The topological polar surface area (TPSA) is 103 Å². The van der Waals surface area contributed by atoms with Crippen LogP contribution in [0.5, 0.6) is 0 Å². The number of nitrogens with two attached hydrogens (primary N) is 1. The second kappa shape index (κ2) is 13.0. The summed E-state index contributed by atoms with van der Waals surface area (Å²) in [6, 6.07) is 3.84. The number of urea groups is 1. The maximum absolute atomic E-state index is 13.5. The van der Waals surface area contributed by atoms with Gasteiger partial charge in [-0.25, -0.2) is 10.2 Å². The van der Waals surface area contributed by atoms with Crippen LogP contribution in [0.4, 0.5) is 21.9 Å². The summed E-state index contributed by atoms with van der Waals surface area (Å²) < 4.78 is 5.38. The molecule has 3 saturated heterocycles. The predicted octanol–water partition coefficient (Wildman–Crippen LogP) is 4.35. The summed E-state index contributed by atoms with van der Waals surface area (Å²) in [6.07, 6.45) is 11.1. The lowest BCUT2D eigenvalue weighted by Gasteiger charge is -2.39. The van der Waals surface area contributed by atoms with E-state index in [-0.39, 0.29) is 5.97 Å². The largest absolute Gasteiger partial charge is 0.468 e. The number of hydrogen-bond donors (Lipinski definition) is 2. The first kappa shape index (κ1) is 27.1. The molecule has 4 rings (SSSR count). The predicted molar refractivity (Wildman–Crippen MR) is 150 cm³/mol. The van der Waals surface area contributed by atoms with E-state index < -0.39 is 11.9 Å². The number of amides is 2. The van der Waals surface area contributed by atoms with Crippen molar-refractivity contribution in [2.24, 2.45) is 10.8 Å². The number of carbonyl (C=O) groups is 2. The number of anilines is 3. The minimum atomic E-state index is -0.748. The van der Waals surface area contributed by atoms with E-state index in [2.05, 4.69) is 37.4 Å². The van der Waals surface area contributed by atoms with Crippen molar-refractivity contribution >= 4 is 34.8 Å². The number of hydrazone groups is 1. The van der Waals surface area contributed by atoms with Crippen LogP contribution in [0, 0.1) is 0 Å². The van der Waals surface area contributed by atoms with Crippen LogP contribution in [0.15, 0.2) is 17.2 Å². The highest BCUT2D eigenvalue weighted by Gasteiger charge is 2.36. The Kier molecular flexibility index (Phi) is 9.52. The van der Waals surface area contributed by atoms with Crippen molar-refractivity contribution in [2.75, 3.05) is 61.1 Å². The lowest BCUT2D eigenvalue weighted by molar-refractivity contribution is -0.140. The molecule has 0 spiro atoms. The molecule has 1 aromatic carbocycles. The van der Waals surface area contributed by atoms with Crippen LogP contribution < -0.4 is 25.9 Å². The third-order valence-corrected chi connectivity index (χ3v) is 7.97. The number of nitrogens with one attached hydrogen (secondary N) is 1. The van der Waals surface area contributed by atoms with E-state index in [0.717, 1.165) is 81.9 Å². The van der Waals surface area contributed by atoms with Crippen LogP contribution in [0.25, 0.3) is 0 Å². The monoisotopic (exact) mass is 512 g/mol. The summed E-state index contributed by atoms with van der Waals surface area (Å²) >= 11 is 0.